The number of fused-ring (bicyclic) bond motifs is 4. The van der Waals surface area contributed by atoms with Gasteiger partial charge in [-0.15, -0.1) is 0 Å². The Bertz CT molecular complexity index is 2940. The third-order valence-electron chi connectivity index (χ3n) is 12.6. The third-order valence-corrected chi connectivity index (χ3v) is 12.6. The van der Waals surface area contributed by atoms with E-state index in [9.17, 15) is 0 Å². The van der Waals surface area contributed by atoms with E-state index in [4.69, 9.17) is 4.98 Å². The summed E-state index contributed by atoms with van der Waals surface area (Å²) in [4.78, 5) is 7.31. The fourth-order valence-corrected chi connectivity index (χ4v) is 9.37. The summed E-state index contributed by atoms with van der Waals surface area (Å²) in [5.41, 5.74) is 18.2. The van der Waals surface area contributed by atoms with Gasteiger partial charge in [-0.3, -0.25) is 4.98 Å². The topological polar surface area (TPSA) is 16.1 Å². The molecule has 1 heterocycles. The van der Waals surface area contributed by atoms with Crippen molar-refractivity contribution in [2.24, 2.45) is 0 Å². The molecule has 2 nitrogen and oxygen atoms in total. The molecule has 0 spiro atoms. The molecule has 0 aliphatic heterocycles. The maximum Gasteiger partial charge on any atom is 0.0714 e. The molecule has 288 valence electrons. The summed E-state index contributed by atoms with van der Waals surface area (Å²) in [5, 5.41) is 2.33. The van der Waals surface area contributed by atoms with E-state index in [1.165, 1.54) is 61.1 Å². The van der Waals surface area contributed by atoms with E-state index in [0.717, 1.165) is 46.4 Å². The van der Waals surface area contributed by atoms with Crippen LogP contribution in [-0.2, 0) is 5.41 Å². The number of nitrogens with zero attached hydrogens (tertiary/aromatic N) is 2. The third kappa shape index (κ3) is 6.70. The first kappa shape index (κ1) is 37.0. The van der Waals surface area contributed by atoms with Crippen LogP contribution in [0, 0.1) is 0 Å². The van der Waals surface area contributed by atoms with Crippen LogP contribution in [0.4, 0.5) is 17.1 Å². The van der Waals surface area contributed by atoms with Gasteiger partial charge in [0.15, 0.2) is 0 Å². The van der Waals surface area contributed by atoms with Crippen LogP contribution in [0.3, 0.4) is 0 Å². The maximum atomic E-state index is 4.93. The number of aromatic nitrogens is 1. The molecule has 8 aromatic carbocycles. The average Bonchev–Trinajstić information content (AvgIpc) is 3.60. The van der Waals surface area contributed by atoms with Crippen molar-refractivity contribution < 1.29 is 0 Å². The molecule has 0 saturated carbocycles. The Morgan fingerprint density at radius 2 is 0.967 bits per heavy atom. The summed E-state index contributed by atoms with van der Waals surface area (Å²) in [7, 11) is 0. The first-order valence-corrected chi connectivity index (χ1v) is 21.1. The summed E-state index contributed by atoms with van der Waals surface area (Å²) in [6.07, 6.45) is 8.56. The lowest BCUT2D eigenvalue weighted by molar-refractivity contribution is 0.490. The van der Waals surface area contributed by atoms with Crippen LogP contribution < -0.4 is 4.90 Å². The molecule has 60 heavy (non-hydrogen) atoms. The number of benzene rings is 8. The zero-order valence-electron chi connectivity index (χ0n) is 34.1. The van der Waals surface area contributed by atoms with Crippen molar-refractivity contribution in [3.05, 3.63) is 229 Å². The minimum atomic E-state index is -0.0723. The fourth-order valence-electron chi connectivity index (χ4n) is 9.37. The maximum absolute atomic E-state index is 4.93. The lowest BCUT2D eigenvalue weighted by Gasteiger charge is -2.32. The summed E-state index contributed by atoms with van der Waals surface area (Å²) in [6, 6.07) is 72.5. The number of hydrogen-bond donors (Lipinski definition) is 0. The molecule has 0 N–H and O–H groups in total. The second-order valence-corrected chi connectivity index (χ2v) is 15.8. The van der Waals surface area contributed by atoms with Gasteiger partial charge in [0, 0.05) is 39.6 Å². The Kier molecular flexibility index (Phi) is 9.75. The van der Waals surface area contributed by atoms with Crippen LogP contribution >= 0.6 is 0 Å². The SMILES string of the molecule is CCC1(CC)c2cc(/C=C/c3ccc(-c4cc(-c5ccccc5)ccc4-c4cc5ccccc5cn4)cc3)ccc2-c2ccc(N(c3ccccc3)c3ccccc3)cc21. The second kappa shape index (κ2) is 15.8. The number of para-hydroxylation sites is 2. The largest absolute Gasteiger partial charge is 0.310 e. The fraction of sp³-hybridized carbons (Fsp3) is 0.0862. The van der Waals surface area contributed by atoms with Crippen LogP contribution in [0.2, 0.25) is 0 Å². The van der Waals surface area contributed by atoms with Crippen molar-refractivity contribution in [3.8, 4) is 44.6 Å². The molecule has 1 aromatic heterocycles. The smallest absolute Gasteiger partial charge is 0.0714 e. The Morgan fingerprint density at radius 1 is 0.417 bits per heavy atom. The highest BCUT2D eigenvalue weighted by atomic mass is 15.1. The van der Waals surface area contributed by atoms with Crippen molar-refractivity contribution in [3.63, 3.8) is 0 Å². The molecule has 2 heteroatoms. The predicted molar refractivity (Wildman–Crippen MR) is 255 cm³/mol. The van der Waals surface area contributed by atoms with Gasteiger partial charge in [0.05, 0.1) is 5.69 Å². The van der Waals surface area contributed by atoms with Gasteiger partial charge in [-0.1, -0.05) is 178 Å². The molecule has 9 aromatic rings. The number of pyridine rings is 1. The van der Waals surface area contributed by atoms with Crippen LogP contribution in [0.15, 0.2) is 206 Å². The number of hydrogen-bond acceptors (Lipinski definition) is 2. The highest BCUT2D eigenvalue weighted by Gasteiger charge is 2.41. The van der Waals surface area contributed by atoms with Gasteiger partial charge in [0.1, 0.15) is 0 Å². The molecule has 0 radical (unpaired) electrons. The minimum absolute atomic E-state index is 0.0723. The van der Waals surface area contributed by atoms with Gasteiger partial charge in [0.25, 0.3) is 0 Å². The van der Waals surface area contributed by atoms with E-state index in [-0.39, 0.29) is 5.41 Å². The zero-order valence-corrected chi connectivity index (χ0v) is 34.1. The van der Waals surface area contributed by atoms with Crippen molar-refractivity contribution >= 4 is 40.0 Å². The first-order chi connectivity index (χ1) is 29.6. The van der Waals surface area contributed by atoms with Gasteiger partial charge in [0.2, 0.25) is 0 Å². The van der Waals surface area contributed by atoms with Crippen LogP contribution in [0.5, 0.6) is 0 Å². The van der Waals surface area contributed by atoms with Crippen molar-refractivity contribution in [2.75, 3.05) is 4.90 Å². The van der Waals surface area contributed by atoms with E-state index in [1.807, 2.05) is 6.20 Å². The molecule has 1 aliphatic rings. The molecule has 0 saturated heterocycles. The van der Waals surface area contributed by atoms with E-state index in [1.54, 1.807) is 0 Å². The number of rotatable bonds is 10. The van der Waals surface area contributed by atoms with Crippen LogP contribution in [0.1, 0.15) is 48.9 Å². The average molecular weight is 771 g/mol. The van der Waals surface area contributed by atoms with Gasteiger partial charge >= 0.3 is 0 Å². The molecule has 0 bridgehead atoms. The standard InChI is InChI=1S/C58H46N2/c1-3-58(4-2)55-36-42(28-33-51(55)52-35-32-50(39-56(52)58)60(48-20-10-6-11-21-48)49-22-12-7-13-23-49)25-24-41-26-29-44(30-27-41)54-37-46(43-16-8-5-9-17-43)31-34-53(54)57-38-45-18-14-15-19-47(45)40-59-57/h5-40H,3-4H2,1-2H3/b25-24+. The molecule has 0 unspecified atom stereocenters. The molecule has 0 atom stereocenters. The number of anilines is 3. The molecule has 1 aliphatic carbocycles. The molecular formula is C58H46N2. The van der Waals surface area contributed by atoms with E-state index >= 15 is 0 Å². The highest BCUT2D eigenvalue weighted by molar-refractivity contribution is 5.92. The predicted octanol–water partition coefficient (Wildman–Crippen LogP) is 16.0. The van der Waals surface area contributed by atoms with E-state index in [0.29, 0.717) is 0 Å². The van der Waals surface area contributed by atoms with Gasteiger partial charge in [-0.25, -0.2) is 0 Å². The lowest BCUT2D eigenvalue weighted by atomic mass is 9.73. The Hall–Kier alpha value is -7.29. The highest BCUT2D eigenvalue weighted by Crippen LogP contribution is 2.54. The Balaban J connectivity index is 0.970. The summed E-state index contributed by atoms with van der Waals surface area (Å²) in [5.74, 6) is 0. The summed E-state index contributed by atoms with van der Waals surface area (Å²) < 4.78 is 0. The lowest BCUT2D eigenvalue weighted by Crippen LogP contribution is -2.23. The van der Waals surface area contributed by atoms with E-state index in [2.05, 4.69) is 231 Å². The van der Waals surface area contributed by atoms with Crippen LogP contribution in [0.25, 0.3) is 67.6 Å². The molecule has 10 rings (SSSR count). The molecular weight excluding hydrogens is 725 g/mol. The molecule has 0 fully saturated rings. The van der Waals surface area contributed by atoms with Crippen molar-refractivity contribution in [1.82, 2.24) is 4.98 Å². The Labute approximate surface area is 353 Å². The monoisotopic (exact) mass is 770 g/mol. The van der Waals surface area contributed by atoms with Gasteiger partial charge in [-0.05, 0) is 122 Å². The van der Waals surface area contributed by atoms with Crippen LogP contribution in [-0.4, -0.2) is 4.98 Å². The summed E-state index contributed by atoms with van der Waals surface area (Å²) >= 11 is 0. The van der Waals surface area contributed by atoms with Gasteiger partial charge in [-0.2, -0.15) is 0 Å². The quantitative estimate of drug-likeness (QED) is 0.129. The van der Waals surface area contributed by atoms with E-state index < -0.39 is 0 Å². The normalized spacial score (nSPS) is 12.7. The molecule has 0 amide bonds. The Morgan fingerprint density at radius 3 is 1.65 bits per heavy atom. The van der Waals surface area contributed by atoms with Gasteiger partial charge < -0.3 is 4.90 Å². The van der Waals surface area contributed by atoms with Crippen molar-refractivity contribution in [2.45, 2.75) is 32.1 Å². The van der Waals surface area contributed by atoms with Crippen molar-refractivity contribution in [1.29, 1.82) is 0 Å². The second-order valence-electron chi connectivity index (χ2n) is 15.8. The minimum Gasteiger partial charge on any atom is -0.310 e. The first-order valence-electron chi connectivity index (χ1n) is 21.1. The summed E-state index contributed by atoms with van der Waals surface area (Å²) in [6.45, 7) is 4.70. The zero-order chi connectivity index (χ0) is 40.5.